The number of phenolic OH excluding ortho intramolecular Hbond substituents is 4. The van der Waals surface area contributed by atoms with Crippen LogP contribution in [0.3, 0.4) is 0 Å². The van der Waals surface area contributed by atoms with Crippen LogP contribution in [-0.4, -0.2) is 67.4 Å². The molecule has 0 saturated heterocycles. The van der Waals surface area contributed by atoms with Crippen LogP contribution in [0, 0.1) is 27.7 Å². The lowest BCUT2D eigenvalue weighted by Crippen LogP contribution is -1.96. The summed E-state index contributed by atoms with van der Waals surface area (Å²) in [5, 5.41) is 64.7. The van der Waals surface area contributed by atoms with E-state index < -0.39 is 0 Å². The van der Waals surface area contributed by atoms with Gasteiger partial charge < -0.3 is 30.6 Å². The summed E-state index contributed by atoms with van der Waals surface area (Å²) in [4.78, 5) is 68.9. The monoisotopic (exact) mass is 1170 g/mol. The number of carbonyl (C=O) groups excluding carboxylic acids is 6. The number of phenols is 4. The van der Waals surface area contributed by atoms with Crippen molar-refractivity contribution in [1.29, 1.82) is 0 Å². The summed E-state index contributed by atoms with van der Waals surface area (Å²) in [7, 11) is 0. The Labute approximate surface area is 509 Å². The van der Waals surface area contributed by atoms with Gasteiger partial charge in [0.25, 0.3) is 0 Å². The van der Waals surface area contributed by atoms with Gasteiger partial charge in [-0.05, 0) is 237 Å². The van der Waals surface area contributed by atoms with Crippen molar-refractivity contribution >= 4 is 80.2 Å². The maximum absolute atomic E-state index is 11.7. The molecule has 10 aromatic carbocycles. The summed E-state index contributed by atoms with van der Waals surface area (Å²) in [6.07, 6.45) is 7.52. The largest absolute Gasteiger partial charge is 0.515 e. The molecule has 0 aliphatic carbocycles. The molecule has 0 unspecified atom stereocenters. The zero-order valence-corrected chi connectivity index (χ0v) is 49.8. The van der Waals surface area contributed by atoms with E-state index in [2.05, 4.69) is 0 Å². The lowest BCUT2D eigenvalue weighted by atomic mass is 9.87. The number of aldehydes is 4. The third-order valence-corrected chi connectivity index (χ3v) is 15.6. The lowest BCUT2D eigenvalue weighted by Gasteiger charge is -2.17. The van der Waals surface area contributed by atoms with Crippen LogP contribution in [0.5, 0.6) is 23.0 Å². The van der Waals surface area contributed by atoms with E-state index >= 15 is 0 Å². The summed E-state index contributed by atoms with van der Waals surface area (Å²) in [6, 6.07) is 48.7. The number of ketones is 2. The molecule has 12 heteroatoms. The van der Waals surface area contributed by atoms with Crippen molar-refractivity contribution in [3.05, 3.63) is 249 Å². The molecular weight excluding hydrogens is 1100 g/mol. The maximum atomic E-state index is 11.7. The quantitative estimate of drug-likeness (QED) is 0.0259. The van der Waals surface area contributed by atoms with Crippen molar-refractivity contribution in [2.45, 2.75) is 55.4 Å². The molecule has 10 rings (SSSR count). The number of aromatic hydroxyl groups is 4. The van der Waals surface area contributed by atoms with Crippen molar-refractivity contribution in [2.75, 3.05) is 0 Å². The summed E-state index contributed by atoms with van der Waals surface area (Å²) in [6.45, 7) is 14.1. The van der Waals surface area contributed by atoms with Crippen LogP contribution in [0.25, 0.3) is 88.0 Å². The number of carbonyl (C=O) groups is 6. The number of aliphatic hydroxyl groups is 2. The predicted molar refractivity (Wildman–Crippen MR) is 351 cm³/mol. The average molecular weight is 1170 g/mol. The van der Waals surface area contributed by atoms with Gasteiger partial charge in [-0.25, -0.2) is 0 Å². The second kappa shape index (κ2) is 27.2. The Kier molecular flexibility index (Phi) is 19.4. The van der Waals surface area contributed by atoms with Crippen LogP contribution in [0.2, 0.25) is 0 Å². The van der Waals surface area contributed by atoms with E-state index in [1.54, 1.807) is 60.7 Å². The molecule has 0 radical (unpaired) electrons. The smallest absolute Gasteiger partial charge is 0.162 e. The van der Waals surface area contributed by atoms with E-state index in [1.165, 1.54) is 13.8 Å². The summed E-state index contributed by atoms with van der Waals surface area (Å²) in [5.74, 6) is -0.628. The predicted octanol–water partition coefficient (Wildman–Crippen LogP) is 17.4. The fourth-order valence-corrected chi connectivity index (χ4v) is 11.0. The van der Waals surface area contributed by atoms with Gasteiger partial charge in [-0.15, -0.1) is 0 Å². The van der Waals surface area contributed by atoms with Crippen LogP contribution in [0.1, 0.15) is 103 Å². The molecule has 0 fully saturated rings. The number of fused-ring (bicyclic) bond motifs is 3. The molecule has 0 saturated carbocycles. The normalized spacial score (nSPS) is 11.8. The number of Topliss-reactive ketones (excluding diaryl/α,β-unsaturated/α-hetero) is 2. The Balaban J connectivity index is 0.000000171. The second-order valence-corrected chi connectivity index (χ2v) is 21.4. The first kappa shape index (κ1) is 62.8. The second-order valence-electron chi connectivity index (χ2n) is 21.4. The standard InChI is InChI=1S/C26H20O4.2C25H22O4/c1-15-9-24(29)18(13-27)11-22(15)20-7-3-5-17-6-4-8-21(26(17)20)23-12-19(14-28)25(30)10-16(23)2;2*1-15(10-19(13-26)17(3)28)21-8-4-6-18-7-5-9-22(25(18)21)23-12-20(14-27)24(29)11-16(23)2/h3-14,29-30H,1-2H3;2*4-14,26,29H,1-3H3/b;2*15-10+,19-13?. The van der Waals surface area contributed by atoms with Gasteiger partial charge in [-0.2, -0.15) is 0 Å². The number of allylic oxidation sites excluding steroid dienone is 6. The molecule has 0 atom stereocenters. The summed E-state index contributed by atoms with van der Waals surface area (Å²) >= 11 is 0. The van der Waals surface area contributed by atoms with Crippen LogP contribution >= 0.6 is 0 Å². The van der Waals surface area contributed by atoms with Gasteiger partial charge in [0.05, 0.1) is 45.9 Å². The molecule has 0 heterocycles. The number of hydrogen-bond acceptors (Lipinski definition) is 12. The first-order chi connectivity index (χ1) is 42.2. The van der Waals surface area contributed by atoms with Gasteiger partial charge in [0.15, 0.2) is 36.7 Å². The molecule has 12 nitrogen and oxygen atoms in total. The van der Waals surface area contributed by atoms with Gasteiger partial charge in [-0.3, -0.25) is 28.8 Å². The third kappa shape index (κ3) is 13.0. The van der Waals surface area contributed by atoms with Gasteiger partial charge in [0.2, 0.25) is 0 Å². The summed E-state index contributed by atoms with van der Waals surface area (Å²) in [5.41, 5.74) is 15.3. The number of aryl methyl sites for hydroxylation is 4. The highest BCUT2D eigenvalue weighted by Crippen LogP contribution is 2.43. The van der Waals surface area contributed by atoms with Crippen molar-refractivity contribution in [1.82, 2.24) is 0 Å². The SMILES string of the molecule is CC(=O)C(=CO)/C=C(\C)c1cccc2cccc(-c3cc(C=O)c(O)cc3C)c12.CC(=O)C(=CO)/C=C(\C)c1cccc2cccc(-c3cc(C=O)c(O)cc3C)c12.Cc1cc(O)c(C=O)cc1-c1cccc2cccc(-c3cc(C=O)c(O)cc3C)c12. The van der Waals surface area contributed by atoms with E-state index in [-0.39, 0.29) is 68.0 Å². The highest BCUT2D eigenvalue weighted by atomic mass is 16.3. The third-order valence-electron chi connectivity index (χ3n) is 15.6. The molecule has 88 heavy (non-hydrogen) atoms. The first-order valence-corrected chi connectivity index (χ1v) is 28.0. The topological polar surface area (TPSA) is 224 Å². The molecular formula is C76H64O12. The molecule has 0 bridgehead atoms. The van der Waals surface area contributed by atoms with E-state index in [1.807, 2.05) is 151 Å². The van der Waals surface area contributed by atoms with Crippen LogP contribution < -0.4 is 0 Å². The Morgan fingerprint density at radius 1 is 0.330 bits per heavy atom. The Bertz CT molecular complexity index is 4310. The minimum Gasteiger partial charge on any atom is -0.515 e. The van der Waals surface area contributed by atoms with E-state index in [4.69, 9.17) is 0 Å². The van der Waals surface area contributed by atoms with Gasteiger partial charge in [0.1, 0.15) is 23.0 Å². The van der Waals surface area contributed by atoms with Crippen molar-refractivity contribution < 1.29 is 59.4 Å². The van der Waals surface area contributed by atoms with E-state index in [0.717, 1.165) is 134 Å². The fourth-order valence-electron chi connectivity index (χ4n) is 11.0. The van der Waals surface area contributed by atoms with E-state index in [0.29, 0.717) is 25.1 Å². The molecule has 440 valence electrons. The first-order valence-electron chi connectivity index (χ1n) is 28.0. The zero-order valence-electron chi connectivity index (χ0n) is 49.8. The van der Waals surface area contributed by atoms with Crippen LogP contribution in [-0.2, 0) is 9.59 Å². The fraction of sp³-hybridized carbons (Fsp3) is 0.105. The van der Waals surface area contributed by atoms with Gasteiger partial charge in [0, 0.05) is 0 Å². The molecule has 0 aliphatic rings. The Morgan fingerprint density at radius 3 is 0.807 bits per heavy atom. The number of aliphatic hydroxyl groups excluding tert-OH is 2. The number of hydrogen-bond donors (Lipinski definition) is 6. The van der Waals surface area contributed by atoms with Crippen LogP contribution in [0.15, 0.2) is 194 Å². The highest BCUT2D eigenvalue weighted by Gasteiger charge is 2.19. The Hall–Kier alpha value is -11.2. The van der Waals surface area contributed by atoms with Crippen molar-refractivity contribution in [3.63, 3.8) is 0 Å². The van der Waals surface area contributed by atoms with Gasteiger partial charge >= 0.3 is 0 Å². The molecule has 0 spiro atoms. The van der Waals surface area contributed by atoms with Crippen molar-refractivity contribution in [2.24, 2.45) is 0 Å². The number of benzene rings is 10. The summed E-state index contributed by atoms with van der Waals surface area (Å²) < 4.78 is 0. The molecule has 0 aromatic heterocycles. The molecule has 10 aromatic rings. The minimum atomic E-state index is -0.225. The molecule has 0 amide bonds. The van der Waals surface area contributed by atoms with E-state index in [9.17, 15) is 59.4 Å². The highest BCUT2D eigenvalue weighted by molar-refractivity contribution is 6.10. The number of rotatable bonds is 14. The van der Waals surface area contributed by atoms with Crippen molar-refractivity contribution in [3.8, 4) is 67.5 Å². The Morgan fingerprint density at radius 2 is 0.568 bits per heavy atom. The lowest BCUT2D eigenvalue weighted by molar-refractivity contribution is -0.114. The minimum absolute atomic E-state index is 0.0445. The zero-order chi connectivity index (χ0) is 63.7. The molecule has 6 N–H and O–H groups in total. The van der Waals surface area contributed by atoms with Crippen LogP contribution in [0.4, 0.5) is 0 Å². The molecule has 0 aliphatic heterocycles. The average Bonchev–Trinajstić information content (AvgIpc) is 1.41. The maximum Gasteiger partial charge on any atom is 0.162 e. The van der Waals surface area contributed by atoms with Gasteiger partial charge in [-0.1, -0.05) is 109 Å².